The van der Waals surface area contributed by atoms with Gasteiger partial charge in [0, 0.05) is 13.1 Å². The molecule has 7 nitrogen and oxygen atoms in total. The zero-order chi connectivity index (χ0) is 29.3. The summed E-state index contributed by atoms with van der Waals surface area (Å²) >= 11 is 6.46. The van der Waals surface area contributed by atoms with Gasteiger partial charge in [0.25, 0.3) is 10.0 Å². The van der Waals surface area contributed by atoms with E-state index in [1.54, 1.807) is 36.4 Å². The van der Waals surface area contributed by atoms with Crippen molar-refractivity contribution < 1.29 is 18.0 Å². The lowest BCUT2D eigenvalue weighted by Gasteiger charge is -2.33. The van der Waals surface area contributed by atoms with E-state index in [2.05, 4.69) is 5.32 Å². The van der Waals surface area contributed by atoms with E-state index in [4.69, 9.17) is 11.6 Å². The van der Waals surface area contributed by atoms with Gasteiger partial charge in [-0.25, -0.2) is 8.42 Å². The number of hydrogen-bond donors (Lipinski definition) is 1. The molecule has 0 heterocycles. The number of carbonyl (C=O) groups excluding carboxylic acids is 2. The third-order valence-corrected chi connectivity index (χ3v) is 8.79. The van der Waals surface area contributed by atoms with E-state index in [0.29, 0.717) is 13.0 Å². The van der Waals surface area contributed by atoms with Crippen LogP contribution in [0, 0.1) is 13.8 Å². The molecule has 0 saturated heterocycles. The van der Waals surface area contributed by atoms with Gasteiger partial charge in [0.2, 0.25) is 11.8 Å². The Morgan fingerprint density at radius 1 is 0.900 bits per heavy atom. The predicted molar refractivity (Wildman–Crippen MR) is 161 cm³/mol. The molecule has 0 aromatic heterocycles. The number of para-hydroxylation sites is 1. The number of anilines is 1. The average Bonchev–Trinajstić information content (AvgIpc) is 2.93. The van der Waals surface area contributed by atoms with Gasteiger partial charge in [-0.15, -0.1) is 0 Å². The van der Waals surface area contributed by atoms with Crippen molar-refractivity contribution in [3.8, 4) is 0 Å². The molecule has 0 aliphatic rings. The molecule has 0 radical (unpaired) electrons. The average molecular weight is 584 g/mol. The number of benzene rings is 3. The molecule has 0 aliphatic carbocycles. The van der Waals surface area contributed by atoms with Gasteiger partial charge < -0.3 is 10.2 Å². The van der Waals surface area contributed by atoms with Crippen LogP contribution in [0.3, 0.4) is 0 Å². The Morgan fingerprint density at radius 2 is 1.50 bits per heavy atom. The maximum absolute atomic E-state index is 14.1. The van der Waals surface area contributed by atoms with E-state index in [-0.39, 0.29) is 28.1 Å². The molecule has 0 saturated carbocycles. The Labute approximate surface area is 243 Å². The molecule has 1 atom stereocenters. The van der Waals surface area contributed by atoms with E-state index in [9.17, 15) is 18.0 Å². The second kappa shape index (κ2) is 14.3. The first-order valence-corrected chi connectivity index (χ1v) is 15.4. The summed E-state index contributed by atoms with van der Waals surface area (Å²) in [5.41, 5.74) is 3.00. The number of sulfonamides is 1. The largest absolute Gasteiger partial charge is 0.354 e. The Hall–Kier alpha value is -3.36. The molecule has 9 heteroatoms. The summed E-state index contributed by atoms with van der Waals surface area (Å²) in [7, 11) is -4.17. The summed E-state index contributed by atoms with van der Waals surface area (Å²) < 4.78 is 28.9. The molecule has 0 fully saturated rings. The molecule has 0 bridgehead atoms. The minimum absolute atomic E-state index is 0.0419. The number of unbranched alkanes of at least 4 members (excludes halogenated alkanes) is 1. The molecular formula is C31H38ClN3O4S. The Morgan fingerprint density at radius 3 is 2.08 bits per heavy atom. The fraction of sp³-hybridized carbons (Fsp3) is 0.355. The van der Waals surface area contributed by atoms with Crippen LogP contribution < -0.4 is 9.62 Å². The third kappa shape index (κ3) is 7.86. The van der Waals surface area contributed by atoms with Crippen molar-refractivity contribution in [2.24, 2.45) is 0 Å². The molecule has 1 N–H and O–H groups in total. The normalized spacial score (nSPS) is 12.0. The van der Waals surface area contributed by atoms with E-state index in [0.717, 1.165) is 33.8 Å². The first kappa shape index (κ1) is 31.2. The Bertz CT molecular complexity index is 1390. The van der Waals surface area contributed by atoms with Gasteiger partial charge in [-0.1, -0.05) is 91.5 Å². The summed E-state index contributed by atoms with van der Waals surface area (Å²) in [4.78, 5) is 28.8. The predicted octanol–water partition coefficient (Wildman–Crippen LogP) is 5.88. The van der Waals surface area contributed by atoms with Gasteiger partial charge >= 0.3 is 0 Å². The lowest BCUT2D eigenvalue weighted by molar-refractivity contribution is -0.140. The topological polar surface area (TPSA) is 86.8 Å². The molecule has 3 aromatic carbocycles. The highest BCUT2D eigenvalue weighted by atomic mass is 35.5. The summed E-state index contributed by atoms with van der Waals surface area (Å²) in [5, 5.41) is 3.13. The van der Waals surface area contributed by atoms with Crippen molar-refractivity contribution in [2.45, 2.75) is 64.4 Å². The maximum atomic E-state index is 14.1. The van der Waals surface area contributed by atoms with Crippen LogP contribution >= 0.6 is 11.6 Å². The zero-order valence-electron chi connectivity index (χ0n) is 23.6. The van der Waals surface area contributed by atoms with Crippen molar-refractivity contribution in [1.29, 1.82) is 0 Å². The zero-order valence-corrected chi connectivity index (χ0v) is 25.1. The number of rotatable bonds is 13. The molecular weight excluding hydrogens is 546 g/mol. The monoisotopic (exact) mass is 583 g/mol. The number of hydrogen-bond acceptors (Lipinski definition) is 4. The van der Waals surface area contributed by atoms with Crippen LogP contribution in [-0.4, -0.2) is 44.3 Å². The first-order chi connectivity index (χ1) is 19.1. The van der Waals surface area contributed by atoms with Crippen LogP contribution in [0.5, 0.6) is 0 Å². The third-order valence-electron chi connectivity index (χ3n) is 6.70. The molecule has 2 amide bonds. The fourth-order valence-corrected chi connectivity index (χ4v) is 6.04. The SMILES string of the molecule is CCCCNC(=O)[C@H](CC)N(Cc1ccc(C)cc1)C(=O)CN(c1ccccc1Cl)S(=O)(=O)c1ccc(C)cc1. The van der Waals surface area contributed by atoms with Crippen LogP contribution in [0.2, 0.25) is 5.02 Å². The number of aryl methyl sites for hydroxylation is 2. The molecule has 3 aromatic rings. The first-order valence-electron chi connectivity index (χ1n) is 13.5. The van der Waals surface area contributed by atoms with Crippen LogP contribution in [0.1, 0.15) is 49.8 Å². The quantitative estimate of drug-likeness (QED) is 0.255. The van der Waals surface area contributed by atoms with Crippen molar-refractivity contribution in [3.63, 3.8) is 0 Å². The second-order valence-electron chi connectivity index (χ2n) is 9.85. The van der Waals surface area contributed by atoms with Crippen LogP contribution in [0.15, 0.2) is 77.7 Å². The minimum Gasteiger partial charge on any atom is -0.354 e. The molecule has 214 valence electrons. The number of amides is 2. The van der Waals surface area contributed by atoms with Crippen molar-refractivity contribution in [1.82, 2.24) is 10.2 Å². The molecule has 40 heavy (non-hydrogen) atoms. The molecule has 0 spiro atoms. The lowest BCUT2D eigenvalue weighted by atomic mass is 10.1. The van der Waals surface area contributed by atoms with Gasteiger partial charge in [-0.3, -0.25) is 13.9 Å². The molecule has 0 unspecified atom stereocenters. The van der Waals surface area contributed by atoms with Crippen molar-refractivity contribution in [3.05, 3.63) is 94.5 Å². The molecule has 3 rings (SSSR count). The number of carbonyl (C=O) groups is 2. The van der Waals surface area contributed by atoms with Crippen molar-refractivity contribution in [2.75, 3.05) is 17.4 Å². The van der Waals surface area contributed by atoms with E-state index in [1.165, 1.54) is 17.0 Å². The van der Waals surface area contributed by atoms with Crippen LogP contribution in [0.25, 0.3) is 0 Å². The Balaban J connectivity index is 2.04. The lowest BCUT2D eigenvalue weighted by Crippen LogP contribution is -2.52. The van der Waals surface area contributed by atoms with Crippen molar-refractivity contribution >= 4 is 39.1 Å². The van der Waals surface area contributed by atoms with Gasteiger partial charge in [0.15, 0.2) is 0 Å². The summed E-state index contributed by atoms with van der Waals surface area (Å²) in [5.74, 6) is -0.768. The van der Waals surface area contributed by atoms with Gasteiger partial charge in [-0.05, 0) is 56.5 Å². The fourth-order valence-electron chi connectivity index (χ4n) is 4.32. The van der Waals surface area contributed by atoms with Gasteiger partial charge in [0.1, 0.15) is 12.6 Å². The molecule has 0 aliphatic heterocycles. The second-order valence-corrected chi connectivity index (χ2v) is 12.1. The smallest absolute Gasteiger partial charge is 0.264 e. The highest BCUT2D eigenvalue weighted by Gasteiger charge is 2.34. The summed E-state index contributed by atoms with van der Waals surface area (Å²) in [6.45, 7) is 7.85. The van der Waals surface area contributed by atoms with Crippen LogP contribution in [-0.2, 0) is 26.2 Å². The Kier molecular flexibility index (Phi) is 11.2. The maximum Gasteiger partial charge on any atom is 0.264 e. The number of halogens is 1. The highest BCUT2D eigenvalue weighted by molar-refractivity contribution is 7.92. The highest BCUT2D eigenvalue weighted by Crippen LogP contribution is 2.31. The van der Waals surface area contributed by atoms with E-state index in [1.807, 2.05) is 52.0 Å². The minimum atomic E-state index is -4.17. The van der Waals surface area contributed by atoms with E-state index >= 15 is 0 Å². The number of nitrogens with one attached hydrogen (secondary N) is 1. The summed E-state index contributed by atoms with van der Waals surface area (Å²) in [6, 6.07) is 19.9. The van der Waals surface area contributed by atoms with E-state index < -0.39 is 28.5 Å². The summed E-state index contributed by atoms with van der Waals surface area (Å²) in [6.07, 6.45) is 2.11. The standard InChI is InChI=1S/C31H38ClN3O4S/c1-5-7-20-33-31(37)28(6-2)34(21-25-16-12-23(3)13-17-25)30(36)22-35(29-11-9-8-10-27(29)32)40(38,39)26-18-14-24(4)15-19-26/h8-19,28H,5-7,20-22H2,1-4H3,(H,33,37)/t28-/m0/s1. The van der Waals surface area contributed by atoms with Crippen LogP contribution in [0.4, 0.5) is 5.69 Å². The number of nitrogens with zero attached hydrogens (tertiary/aromatic N) is 2. The van der Waals surface area contributed by atoms with Gasteiger partial charge in [0.05, 0.1) is 15.6 Å². The van der Waals surface area contributed by atoms with Gasteiger partial charge in [-0.2, -0.15) is 0 Å².